The number of nitrogens with one attached hydrogen (secondary N) is 1. The number of para-hydroxylation sites is 1. The Balaban J connectivity index is 1.90. The zero-order valence-corrected chi connectivity index (χ0v) is 17.1. The highest BCUT2D eigenvalue weighted by Gasteiger charge is 2.20. The van der Waals surface area contributed by atoms with Crippen LogP contribution in [0.25, 0.3) is 0 Å². The number of carbonyl (C=O) groups excluding carboxylic acids is 1. The molecule has 1 N–H and O–H groups in total. The van der Waals surface area contributed by atoms with Gasteiger partial charge in [-0.1, -0.05) is 37.6 Å². The molecule has 0 spiro atoms. The van der Waals surface area contributed by atoms with E-state index >= 15 is 0 Å². The first-order chi connectivity index (χ1) is 13.3. The van der Waals surface area contributed by atoms with E-state index in [1.54, 1.807) is 6.07 Å². The van der Waals surface area contributed by atoms with E-state index in [2.05, 4.69) is 12.2 Å². The standard InChI is InChI=1S/C21H27FN2O3S/c1-3-4-8-17-12-14-18(15-13-17)23-21(25)11-7-16-24(28(2,26)27)20-10-6-5-9-19(20)22/h5-6,9-10,12-15H,3-4,7-8,11,16H2,1-2H3,(H,23,25). The first-order valence-electron chi connectivity index (χ1n) is 9.42. The topological polar surface area (TPSA) is 66.5 Å². The van der Waals surface area contributed by atoms with Crippen LogP contribution in [0, 0.1) is 5.82 Å². The SMILES string of the molecule is CCCCc1ccc(NC(=O)CCCN(c2ccccc2F)S(C)(=O)=O)cc1. The number of hydrogen-bond donors (Lipinski definition) is 1. The summed E-state index contributed by atoms with van der Waals surface area (Å²) in [6.45, 7) is 2.18. The maximum atomic E-state index is 14.0. The van der Waals surface area contributed by atoms with Gasteiger partial charge in [0.25, 0.3) is 0 Å². The van der Waals surface area contributed by atoms with Gasteiger partial charge in [0, 0.05) is 18.7 Å². The molecule has 5 nitrogen and oxygen atoms in total. The van der Waals surface area contributed by atoms with E-state index in [-0.39, 0.29) is 31.0 Å². The lowest BCUT2D eigenvalue weighted by atomic mass is 10.1. The van der Waals surface area contributed by atoms with Crippen molar-refractivity contribution in [3.63, 3.8) is 0 Å². The minimum absolute atomic E-state index is 0.00641. The number of aryl methyl sites for hydroxylation is 1. The summed E-state index contributed by atoms with van der Waals surface area (Å²) >= 11 is 0. The van der Waals surface area contributed by atoms with Crippen molar-refractivity contribution >= 4 is 27.3 Å². The van der Waals surface area contributed by atoms with Crippen molar-refractivity contribution in [2.45, 2.75) is 39.0 Å². The second-order valence-corrected chi connectivity index (χ2v) is 8.65. The number of carbonyl (C=O) groups is 1. The molecule has 0 aliphatic carbocycles. The van der Waals surface area contributed by atoms with Gasteiger partial charge >= 0.3 is 0 Å². The lowest BCUT2D eigenvalue weighted by Gasteiger charge is -2.22. The maximum Gasteiger partial charge on any atom is 0.232 e. The van der Waals surface area contributed by atoms with E-state index in [4.69, 9.17) is 0 Å². The molecule has 0 unspecified atom stereocenters. The van der Waals surface area contributed by atoms with Crippen molar-refractivity contribution in [1.29, 1.82) is 0 Å². The number of rotatable bonds is 10. The molecule has 0 atom stereocenters. The minimum Gasteiger partial charge on any atom is -0.326 e. The lowest BCUT2D eigenvalue weighted by molar-refractivity contribution is -0.116. The average molecular weight is 407 g/mol. The summed E-state index contributed by atoms with van der Waals surface area (Å²) in [4.78, 5) is 12.2. The van der Waals surface area contributed by atoms with Gasteiger partial charge in [-0.2, -0.15) is 0 Å². The van der Waals surface area contributed by atoms with Crippen molar-refractivity contribution in [2.75, 3.05) is 22.4 Å². The van der Waals surface area contributed by atoms with E-state index in [0.717, 1.165) is 29.8 Å². The molecule has 152 valence electrons. The molecule has 0 fully saturated rings. The van der Waals surface area contributed by atoms with Crippen molar-refractivity contribution in [3.8, 4) is 0 Å². The van der Waals surface area contributed by atoms with Gasteiger partial charge in [-0.3, -0.25) is 9.10 Å². The average Bonchev–Trinajstić information content (AvgIpc) is 2.64. The first kappa shape index (κ1) is 21.9. The van der Waals surface area contributed by atoms with E-state index in [9.17, 15) is 17.6 Å². The molecule has 0 saturated heterocycles. The number of amides is 1. The molecule has 0 heterocycles. The Morgan fingerprint density at radius 1 is 1.07 bits per heavy atom. The van der Waals surface area contributed by atoms with Crippen LogP contribution in [0.2, 0.25) is 0 Å². The molecule has 0 aromatic heterocycles. The van der Waals surface area contributed by atoms with Crippen LogP contribution in [-0.4, -0.2) is 27.1 Å². The van der Waals surface area contributed by atoms with E-state index < -0.39 is 15.8 Å². The number of benzene rings is 2. The Bertz CT molecular complexity index is 883. The Hall–Kier alpha value is -2.41. The predicted octanol–water partition coefficient (Wildman–Crippen LogP) is 4.35. The molecular formula is C21H27FN2O3S. The van der Waals surface area contributed by atoms with Crippen LogP contribution in [0.15, 0.2) is 48.5 Å². The molecule has 2 aromatic rings. The molecule has 2 aromatic carbocycles. The molecule has 7 heteroatoms. The second-order valence-electron chi connectivity index (χ2n) is 6.74. The van der Waals surface area contributed by atoms with Gasteiger partial charge in [0.05, 0.1) is 11.9 Å². The number of sulfonamides is 1. The fraction of sp³-hybridized carbons (Fsp3) is 0.381. The molecule has 0 bridgehead atoms. The van der Waals surface area contributed by atoms with Crippen LogP contribution in [0.3, 0.4) is 0 Å². The van der Waals surface area contributed by atoms with E-state index in [1.165, 1.54) is 23.8 Å². The third kappa shape index (κ3) is 6.64. The van der Waals surface area contributed by atoms with Gasteiger partial charge in [0.2, 0.25) is 15.9 Å². The second kappa shape index (κ2) is 10.2. The monoisotopic (exact) mass is 406 g/mol. The molecule has 28 heavy (non-hydrogen) atoms. The summed E-state index contributed by atoms with van der Waals surface area (Å²) in [5.74, 6) is -0.816. The largest absolute Gasteiger partial charge is 0.326 e. The van der Waals surface area contributed by atoms with Gasteiger partial charge in [-0.25, -0.2) is 12.8 Å². The lowest BCUT2D eigenvalue weighted by Crippen LogP contribution is -2.32. The first-order valence-corrected chi connectivity index (χ1v) is 11.3. The predicted molar refractivity (Wildman–Crippen MR) is 112 cm³/mol. The molecular weight excluding hydrogens is 379 g/mol. The number of unbranched alkanes of at least 4 members (excludes halogenated alkanes) is 1. The highest BCUT2D eigenvalue weighted by Crippen LogP contribution is 2.22. The Morgan fingerprint density at radius 3 is 2.36 bits per heavy atom. The molecule has 0 aliphatic rings. The minimum atomic E-state index is -3.65. The summed E-state index contributed by atoms with van der Waals surface area (Å²) in [7, 11) is -3.65. The normalized spacial score (nSPS) is 11.2. The highest BCUT2D eigenvalue weighted by atomic mass is 32.2. The van der Waals surface area contributed by atoms with E-state index in [1.807, 2.05) is 24.3 Å². The third-order valence-electron chi connectivity index (χ3n) is 4.34. The molecule has 1 amide bonds. The Kier molecular flexibility index (Phi) is 7.99. The highest BCUT2D eigenvalue weighted by molar-refractivity contribution is 7.92. The number of halogens is 1. The van der Waals surface area contributed by atoms with Crippen LogP contribution < -0.4 is 9.62 Å². The van der Waals surface area contributed by atoms with Crippen LogP contribution in [0.1, 0.15) is 38.2 Å². The summed E-state index contributed by atoms with van der Waals surface area (Å²) in [6.07, 6.45) is 4.72. The zero-order valence-electron chi connectivity index (χ0n) is 16.3. The number of hydrogen-bond acceptors (Lipinski definition) is 3. The van der Waals surface area contributed by atoms with Gasteiger partial charge in [-0.15, -0.1) is 0 Å². The smallest absolute Gasteiger partial charge is 0.232 e. The number of anilines is 2. The summed E-state index contributed by atoms with van der Waals surface area (Å²) in [5.41, 5.74) is 1.93. The Morgan fingerprint density at radius 2 is 1.75 bits per heavy atom. The summed E-state index contributed by atoms with van der Waals surface area (Å²) < 4.78 is 39.0. The van der Waals surface area contributed by atoms with Gasteiger partial charge in [0.15, 0.2) is 0 Å². The van der Waals surface area contributed by atoms with Crippen LogP contribution in [0.5, 0.6) is 0 Å². The van der Waals surface area contributed by atoms with Gasteiger partial charge in [-0.05, 0) is 49.1 Å². The van der Waals surface area contributed by atoms with Crippen molar-refractivity contribution < 1.29 is 17.6 Å². The third-order valence-corrected chi connectivity index (χ3v) is 5.52. The summed E-state index contributed by atoms with van der Waals surface area (Å²) in [5, 5.41) is 2.81. The van der Waals surface area contributed by atoms with Crippen LogP contribution in [-0.2, 0) is 21.2 Å². The zero-order chi connectivity index (χ0) is 20.6. The van der Waals surface area contributed by atoms with Gasteiger partial charge < -0.3 is 5.32 Å². The fourth-order valence-electron chi connectivity index (χ4n) is 2.86. The molecule has 0 radical (unpaired) electrons. The van der Waals surface area contributed by atoms with Gasteiger partial charge in [0.1, 0.15) is 5.82 Å². The maximum absolute atomic E-state index is 14.0. The summed E-state index contributed by atoms with van der Waals surface area (Å²) in [6, 6.07) is 13.4. The number of nitrogens with zero attached hydrogens (tertiary/aromatic N) is 1. The Labute approximate surface area is 166 Å². The van der Waals surface area contributed by atoms with Crippen molar-refractivity contribution in [2.24, 2.45) is 0 Å². The molecule has 2 rings (SSSR count). The molecule has 0 aliphatic heterocycles. The van der Waals surface area contributed by atoms with Crippen molar-refractivity contribution in [1.82, 2.24) is 0 Å². The van der Waals surface area contributed by atoms with E-state index in [0.29, 0.717) is 5.69 Å². The van der Waals surface area contributed by atoms with Crippen LogP contribution >= 0.6 is 0 Å². The van der Waals surface area contributed by atoms with Crippen molar-refractivity contribution in [3.05, 3.63) is 59.9 Å². The fourth-order valence-corrected chi connectivity index (χ4v) is 3.83. The quantitative estimate of drug-likeness (QED) is 0.638. The molecule has 0 saturated carbocycles. The van der Waals surface area contributed by atoms with Crippen LogP contribution in [0.4, 0.5) is 15.8 Å².